The Kier molecular flexibility index (Phi) is 3.61. The highest BCUT2D eigenvalue weighted by atomic mass is 32.2. The highest BCUT2D eigenvalue weighted by Gasteiger charge is 2.35. The molecule has 0 unspecified atom stereocenters. The molecular weight excluding hydrogens is 340 g/mol. The standard InChI is InChI=1S/C18H16N2O4S/c1-2-24-12-4-6-15-14(10-12)17(21)13-5-3-11(18-19-7-8-20-18)9-16(13)25(15,22)23/h3-6,9-10H,2,7-8H2,1H3,(H,19,20). The van der Waals surface area contributed by atoms with Gasteiger partial charge in [-0.25, -0.2) is 8.42 Å². The van der Waals surface area contributed by atoms with Crippen molar-refractivity contribution in [3.8, 4) is 5.75 Å². The van der Waals surface area contributed by atoms with E-state index in [0.717, 1.165) is 6.54 Å². The Balaban J connectivity index is 1.89. The molecule has 0 saturated heterocycles. The van der Waals surface area contributed by atoms with E-state index in [2.05, 4.69) is 10.3 Å². The van der Waals surface area contributed by atoms with Crippen molar-refractivity contribution in [1.29, 1.82) is 0 Å². The third-order valence-corrected chi connectivity index (χ3v) is 6.11. The van der Waals surface area contributed by atoms with Gasteiger partial charge in [0.1, 0.15) is 11.6 Å². The molecule has 2 heterocycles. The topological polar surface area (TPSA) is 84.8 Å². The minimum Gasteiger partial charge on any atom is -0.494 e. The van der Waals surface area contributed by atoms with Crippen LogP contribution in [0.15, 0.2) is 51.2 Å². The predicted molar refractivity (Wildman–Crippen MR) is 92.3 cm³/mol. The molecule has 2 aliphatic rings. The second kappa shape index (κ2) is 5.70. The Morgan fingerprint density at radius 3 is 2.68 bits per heavy atom. The zero-order chi connectivity index (χ0) is 17.6. The third kappa shape index (κ3) is 2.42. The third-order valence-electron chi connectivity index (χ3n) is 4.26. The van der Waals surface area contributed by atoms with Gasteiger partial charge in [-0.2, -0.15) is 0 Å². The van der Waals surface area contributed by atoms with Crippen molar-refractivity contribution in [2.75, 3.05) is 19.7 Å². The highest BCUT2D eigenvalue weighted by Crippen LogP contribution is 2.36. The summed E-state index contributed by atoms with van der Waals surface area (Å²) >= 11 is 0. The van der Waals surface area contributed by atoms with Gasteiger partial charge in [-0.3, -0.25) is 9.79 Å². The largest absolute Gasteiger partial charge is 0.494 e. The summed E-state index contributed by atoms with van der Waals surface area (Å²) in [6.45, 7) is 3.64. The van der Waals surface area contributed by atoms with Crippen molar-refractivity contribution in [2.45, 2.75) is 16.7 Å². The first-order chi connectivity index (χ1) is 12.0. The van der Waals surface area contributed by atoms with Crippen LogP contribution in [0.2, 0.25) is 0 Å². The van der Waals surface area contributed by atoms with Gasteiger partial charge in [-0.15, -0.1) is 0 Å². The van der Waals surface area contributed by atoms with E-state index in [1.54, 1.807) is 18.2 Å². The Bertz CT molecular complexity index is 1030. The van der Waals surface area contributed by atoms with Gasteiger partial charge in [0.2, 0.25) is 9.84 Å². The summed E-state index contributed by atoms with van der Waals surface area (Å²) in [7, 11) is -3.78. The van der Waals surface area contributed by atoms with Crippen LogP contribution in [0, 0.1) is 0 Å². The first-order valence-corrected chi connectivity index (χ1v) is 9.50. The lowest BCUT2D eigenvalue weighted by Crippen LogP contribution is -2.23. The summed E-state index contributed by atoms with van der Waals surface area (Å²) in [6, 6.07) is 9.32. The number of carbonyl (C=O) groups excluding carboxylic acids is 1. The van der Waals surface area contributed by atoms with E-state index in [-0.39, 0.29) is 26.7 Å². The van der Waals surface area contributed by atoms with E-state index in [1.165, 1.54) is 18.2 Å². The smallest absolute Gasteiger partial charge is 0.208 e. The number of sulfone groups is 1. The van der Waals surface area contributed by atoms with Crippen LogP contribution < -0.4 is 10.1 Å². The van der Waals surface area contributed by atoms with Gasteiger partial charge in [0.05, 0.1) is 22.9 Å². The molecule has 0 amide bonds. The number of hydrogen-bond acceptors (Lipinski definition) is 6. The molecule has 6 nitrogen and oxygen atoms in total. The van der Waals surface area contributed by atoms with Crippen molar-refractivity contribution in [3.05, 3.63) is 53.1 Å². The normalized spacial score (nSPS) is 17.3. The maximum atomic E-state index is 13.0. The van der Waals surface area contributed by atoms with Crippen molar-refractivity contribution in [2.24, 2.45) is 4.99 Å². The number of nitrogens with zero attached hydrogens (tertiary/aromatic N) is 1. The minimum atomic E-state index is -3.78. The molecule has 0 aliphatic carbocycles. The van der Waals surface area contributed by atoms with Crippen molar-refractivity contribution in [1.82, 2.24) is 5.32 Å². The lowest BCUT2D eigenvalue weighted by molar-refractivity contribution is 0.103. The Hall–Kier alpha value is -2.67. The van der Waals surface area contributed by atoms with E-state index >= 15 is 0 Å². The molecule has 2 aromatic rings. The maximum Gasteiger partial charge on any atom is 0.208 e. The Labute approximate surface area is 145 Å². The Morgan fingerprint density at radius 1 is 1.12 bits per heavy atom. The molecule has 0 bridgehead atoms. The summed E-state index contributed by atoms with van der Waals surface area (Å²) < 4.78 is 31.4. The molecule has 0 spiro atoms. The van der Waals surface area contributed by atoms with E-state index in [1.807, 2.05) is 6.92 Å². The van der Waals surface area contributed by atoms with Gasteiger partial charge < -0.3 is 10.1 Å². The lowest BCUT2D eigenvalue weighted by Gasteiger charge is -2.20. The maximum absolute atomic E-state index is 13.0. The van der Waals surface area contributed by atoms with Crippen LogP contribution >= 0.6 is 0 Å². The number of ether oxygens (including phenoxy) is 1. The number of hydrogen-bond donors (Lipinski definition) is 1. The monoisotopic (exact) mass is 356 g/mol. The SMILES string of the molecule is CCOc1ccc2c(c1)C(=O)c1ccc(C3=NCCN3)cc1S2(=O)=O. The molecule has 2 aliphatic heterocycles. The second-order valence-corrected chi connectivity index (χ2v) is 7.68. The molecule has 4 rings (SSSR count). The molecule has 25 heavy (non-hydrogen) atoms. The lowest BCUT2D eigenvalue weighted by atomic mass is 10.0. The van der Waals surface area contributed by atoms with Crippen LogP contribution in [0.25, 0.3) is 0 Å². The zero-order valence-electron chi connectivity index (χ0n) is 13.6. The number of benzene rings is 2. The zero-order valence-corrected chi connectivity index (χ0v) is 14.4. The summed E-state index contributed by atoms with van der Waals surface area (Å²) in [5.41, 5.74) is 1.01. The molecule has 0 fully saturated rings. The number of aliphatic imine (C=N–C) groups is 1. The fourth-order valence-corrected chi connectivity index (χ4v) is 4.77. The molecule has 0 radical (unpaired) electrons. The van der Waals surface area contributed by atoms with Crippen LogP contribution in [0.3, 0.4) is 0 Å². The van der Waals surface area contributed by atoms with Gasteiger partial charge >= 0.3 is 0 Å². The fraction of sp³-hybridized carbons (Fsp3) is 0.222. The molecule has 2 aromatic carbocycles. The number of rotatable bonds is 3. The average Bonchev–Trinajstić information content (AvgIpc) is 3.14. The Morgan fingerprint density at radius 2 is 1.96 bits per heavy atom. The quantitative estimate of drug-likeness (QED) is 0.774. The number of nitrogens with one attached hydrogen (secondary N) is 1. The van der Waals surface area contributed by atoms with Gasteiger partial charge in [-0.05, 0) is 37.3 Å². The summed E-state index contributed by atoms with van der Waals surface area (Å²) in [4.78, 5) is 17.2. The highest BCUT2D eigenvalue weighted by molar-refractivity contribution is 7.91. The molecule has 0 aromatic heterocycles. The van der Waals surface area contributed by atoms with Crippen LogP contribution in [0.1, 0.15) is 28.4 Å². The number of carbonyl (C=O) groups is 1. The second-order valence-electron chi connectivity index (χ2n) is 5.79. The summed E-state index contributed by atoms with van der Waals surface area (Å²) in [6.07, 6.45) is 0. The number of fused-ring (bicyclic) bond motifs is 2. The van der Waals surface area contributed by atoms with Gasteiger partial charge in [0.15, 0.2) is 5.78 Å². The summed E-state index contributed by atoms with van der Waals surface area (Å²) in [5, 5.41) is 3.11. The molecule has 1 N–H and O–H groups in total. The van der Waals surface area contributed by atoms with Crippen LogP contribution in [-0.4, -0.2) is 39.7 Å². The van der Waals surface area contributed by atoms with E-state index in [9.17, 15) is 13.2 Å². The minimum absolute atomic E-state index is 0.0203. The average molecular weight is 356 g/mol. The van der Waals surface area contributed by atoms with Crippen molar-refractivity contribution < 1.29 is 17.9 Å². The van der Waals surface area contributed by atoms with Gasteiger partial charge in [0, 0.05) is 23.2 Å². The van der Waals surface area contributed by atoms with Crippen molar-refractivity contribution in [3.63, 3.8) is 0 Å². The fourth-order valence-electron chi connectivity index (χ4n) is 3.11. The first kappa shape index (κ1) is 15.8. The molecular formula is C18H16N2O4S. The number of amidine groups is 1. The predicted octanol–water partition coefficient (Wildman–Crippen LogP) is 1.81. The van der Waals surface area contributed by atoms with Crippen LogP contribution in [-0.2, 0) is 9.84 Å². The van der Waals surface area contributed by atoms with Gasteiger partial charge in [-0.1, -0.05) is 6.07 Å². The molecule has 0 atom stereocenters. The van der Waals surface area contributed by atoms with Crippen LogP contribution in [0.5, 0.6) is 5.75 Å². The number of ketones is 1. The van der Waals surface area contributed by atoms with E-state index < -0.39 is 9.84 Å². The van der Waals surface area contributed by atoms with E-state index in [0.29, 0.717) is 30.3 Å². The molecule has 128 valence electrons. The summed E-state index contributed by atoms with van der Waals surface area (Å²) in [5.74, 6) is 0.826. The van der Waals surface area contributed by atoms with Crippen LogP contribution in [0.4, 0.5) is 0 Å². The van der Waals surface area contributed by atoms with Crippen molar-refractivity contribution >= 4 is 21.5 Å². The van der Waals surface area contributed by atoms with E-state index in [4.69, 9.17) is 4.74 Å². The molecule has 7 heteroatoms. The molecule has 0 saturated carbocycles. The first-order valence-electron chi connectivity index (χ1n) is 8.02. The van der Waals surface area contributed by atoms with Gasteiger partial charge in [0.25, 0.3) is 0 Å².